The summed E-state index contributed by atoms with van der Waals surface area (Å²) in [5.74, 6) is 0.0579. The average molecular weight is 328 g/mol. The second kappa shape index (κ2) is 4.91. The van der Waals surface area contributed by atoms with Crippen molar-refractivity contribution in [1.82, 2.24) is 4.57 Å². The van der Waals surface area contributed by atoms with Gasteiger partial charge in [0.05, 0.1) is 0 Å². The molecule has 1 heterocycles. The highest BCUT2D eigenvalue weighted by molar-refractivity contribution is 9.10. The van der Waals surface area contributed by atoms with Crippen LogP contribution in [0.15, 0.2) is 53.1 Å². The topological polar surface area (TPSA) is 22.0 Å². The van der Waals surface area contributed by atoms with Crippen molar-refractivity contribution in [3.8, 4) is 0 Å². The van der Waals surface area contributed by atoms with Crippen molar-refractivity contribution in [1.29, 1.82) is 0 Å². The highest BCUT2D eigenvalue weighted by atomic mass is 79.9. The molecule has 0 saturated heterocycles. The van der Waals surface area contributed by atoms with E-state index in [1.165, 1.54) is 0 Å². The molecule has 100 valence electrons. The second-order valence-electron chi connectivity index (χ2n) is 4.96. The molecule has 0 unspecified atom stereocenters. The van der Waals surface area contributed by atoms with Crippen LogP contribution in [0.3, 0.4) is 0 Å². The molecule has 0 aliphatic carbocycles. The molecule has 2 aromatic carbocycles. The summed E-state index contributed by atoms with van der Waals surface area (Å²) in [5, 5.41) is 0.997. The number of ketones is 1. The monoisotopic (exact) mass is 327 g/mol. The normalized spacial score (nSPS) is 10.9. The van der Waals surface area contributed by atoms with Gasteiger partial charge in [0.1, 0.15) is 0 Å². The summed E-state index contributed by atoms with van der Waals surface area (Å²) in [6, 6.07) is 13.7. The predicted octanol–water partition coefficient (Wildman–Crippen LogP) is 4.48. The zero-order valence-corrected chi connectivity index (χ0v) is 12.9. The molecule has 3 heteroatoms. The van der Waals surface area contributed by atoms with Crippen LogP contribution in [0.5, 0.6) is 0 Å². The maximum atomic E-state index is 12.7. The van der Waals surface area contributed by atoms with Gasteiger partial charge in [-0.3, -0.25) is 4.79 Å². The Kier molecular flexibility index (Phi) is 3.22. The number of carbonyl (C=O) groups is 1. The zero-order valence-electron chi connectivity index (χ0n) is 11.4. The fourth-order valence-corrected chi connectivity index (χ4v) is 2.79. The van der Waals surface area contributed by atoms with Crippen LogP contribution in [-0.2, 0) is 7.05 Å². The second-order valence-corrected chi connectivity index (χ2v) is 5.82. The van der Waals surface area contributed by atoms with E-state index in [0.29, 0.717) is 5.56 Å². The minimum absolute atomic E-state index is 0.0579. The van der Waals surface area contributed by atoms with Crippen molar-refractivity contribution in [3.63, 3.8) is 0 Å². The predicted molar refractivity (Wildman–Crippen MR) is 85.2 cm³/mol. The SMILES string of the molecule is Cc1ccc(C(=O)c2cn(C)c3ccccc23)cc1Br. The minimum Gasteiger partial charge on any atom is -0.350 e. The quantitative estimate of drug-likeness (QED) is 0.636. The van der Waals surface area contributed by atoms with Crippen molar-refractivity contribution >= 4 is 32.6 Å². The third kappa shape index (κ3) is 2.08. The van der Waals surface area contributed by atoms with Gasteiger partial charge in [0.2, 0.25) is 0 Å². The van der Waals surface area contributed by atoms with Gasteiger partial charge in [-0.15, -0.1) is 0 Å². The standard InChI is InChI=1S/C17H14BrNO/c1-11-7-8-12(9-15(11)18)17(20)14-10-19(2)16-6-4-3-5-13(14)16/h3-10H,1-2H3. The highest BCUT2D eigenvalue weighted by Crippen LogP contribution is 2.25. The van der Waals surface area contributed by atoms with Gasteiger partial charge < -0.3 is 4.57 Å². The van der Waals surface area contributed by atoms with Crippen molar-refractivity contribution in [2.24, 2.45) is 7.05 Å². The average Bonchev–Trinajstić information content (AvgIpc) is 2.79. The molecule has 0 N–H and O–H groups in total. The first-order valence-corrected chi connectivity index (χ1v) is 7.22. The number of carbonyl (C=O) groups excluding carboxylic acids is 1. The Bertz CT molecular complexity index is 817. The van der Waals surface area contributed by atoms with Crippen LogP contribution in [-0.4, -0.2) is 10.4 Å². The van der Waals surface area contributed by atoms with E-state index in [1.54, 1.807) is 0 Å². The smallest absolute Gasteiger partial charge is 0.195 e. The fraction of sp³-hybridized carbons (Fsp3) is 0.118. The Labute approximate surface area is 126 Å². The molecule has 1 aromatic heterocycles. The van der Waals surface area contributed by atoms with Gasteiger partial charge in [0.15, 0.2) is 5.78 Å². The van der Waals surface area contributed by atoms with Crippen molar-refractivity contribution in [2.75, 3.05) is 0 Å². The lowest BCUT2D eigenvalue weighted by Gasteiger charge is -2.03. The van der Waals surface area contributed by atoms with E-state index < -0.39 is 0 Å². The van der Waals surface area contributed by atoms with E-state index in [9.17, 15) is 4.79 Å². The molecule has 0 aliphatic rings. The van der Waals surface area contributed by atoms with Crippen LogP contribution in [0.4, 0.5) is 0 Å². The van der Waals surface area contributed by atoms with E-state index in [-0.39, 0.29) is 5.78 Å². The molecule has 3 rings (SSSR count). The molecule has 3 aromatic rings. The van der Waals surface area contributed by atoms with Crippen LogP contribution >= 0.6 is 15.9 Å². The zero-order chi connectivity index (χ0) is 14.3. The lowest BCUT2D eigenvalue weighted by atomic mass is 10.0. The summed E-state index contributed by atoms with van der Waals surface area (Å²) in [7, 11) is 1.96. The first-order chi connectivity index (χ1) is 9.58. The molecule has 0 radical (unpaired) electrons. The Hall–Kier alpha value is -1.87. The Morgan fingerprint density at radius 2 is 1.90 bits per heavy atom. The molecule has 0 aliphatic heterocycles. The van der Waals surface area contributed by atoms with Crippen molar-refractivity contribution in [2.45, 2.75) is 6.92 Å². The number of benzene rings is 2. The summed E-state index contributed by atoms with van der Waals surface area (Å²) >= 11 is 3.48. The highest BCUT2D eigenvalue weighted by Gasteiger charge is 2.15. The molecule has 20 heavy (non-hydrogen) atoms. The van der Waals surface area contributed by atoms with Gasteiger partial charge in [-0.25, -0.2) is 0 Å². The number of aryl methyl sites for hydroxylation is 2. The number of hydrogen-bond acceptors (Lipinski definition) is 1. The molecule has 0 bridgehead atoms. The maximum absolute atomic E-state index is 12.7. The van der Waals surface area contributed by atoms with E-state index in [4.69, 9.17) is 0 Å². The number of halogens is 1. The van der Waals surface area contributed by atoms with Crippen LogP contribution in [0, 0.1) is 6.92 Å². The van der Waals surface area contributed by atoms with Gasteiger partial charge in [-0.05, 0) is 24.6 Å². The third-order valence-electron chi connectivity index (χ3n) is 3.58. The first kappa shape index (κ1) is 13.1. The lowest BCUT2D eigenvalue weighted by molar-refractivity contribution is 0.104. The maximum Gasteiger partial charge on any atom is 0.195 e. The third-order valence-corrected chi connectivity index (χ3v) is 4.43. The molecular weight excluding hydrogens is 314 g/mol. The number of fused-ring (bicyclic) bond motifs is 1. The van der Waals surface area contributed by atoms with E-state index in [1.807, 2.05) is 67.2 Å². The largest absolute Gasteiger partial charge is 0.350 e. The number of rotatable bonds is 2. The van der Waals surface area contributed by atoms with Crippen molar-refractivity contribution in [3.05, 3.63) is 69.8 Å². The number of nitrogens with zero attached hydrogens (tertiary/aromatic N) is 1. The summed E-state index contributed by atoms with van der Waals surface area (Å²) in [4.78, 5) is 12.7. The van der Waals surface area contributed by atoms with Gasteiger partial charge in [0, 0.05) is 39.7 Å². The summed E-state index contributed by atoms with van der Waals surface area (Å²) in [6.45, 7) is 2.01. The van der Waals surface area contributed by atoms with Gasteiger partial charge in [0.25, 0.3) is 0 Å². The van der Waals surface area contributed by atoms with E-state index >= 15 is 0 Å². The van der Waals surface area contributed by atoms with Crippen LogP contribution < -0.4 is 0 Å². The Balaban J connectivity index is 2.15. The summed E-state index contributed by atoms with van der Waals surface area (Å²) < 4.78 is 2.95. The van der Waals surface area contributed by atoms with Crippen LogP contribution in [0.2, 0.25) is 0 Å². The van der Waals surface area contributed by atoms with Crippen molar-refractivity contribution < 1.29 is 4.79 Å². The Morgan fingerprint density at radius 1 is 1.15 bits per heavy atom. The van der Waals surface area contributed by atoms with Gasteiger partial charge >= 0.3 is 0 Å². The molecule has 0 saturated carbocycles. The Morgan fingerprint density at radius 3 is 2.65 bits per heavy atom. The first-order valence-electron chi connectivity index (χ1n) is 6.43. The number of aromatic nitrogens is 1. The molecular formula is C17H14BrNO. The lowest BCUT2D eigenvalue weighted by Crippen LogP contribution is -2.00. The fourth-order valence-electron chi connectivity index (χ4n) is 2.41. The van der Waals surface area contributed by atoms with E-state index in [0.717, 1.165) is 26.5 Å². The van der Waals surface area contributed by atoms with Gasteiger partial charge in [-0.2, -0.15) is 0 Å². The number of hydrogen-bond donors (Lipinski definition) is 0. The van der Waals surface area contributed by atoms with E-state index in [2.05, 4.69) is 15.9 Å². The van der Waals surface area contributed by atoms with Crippen LogP contribution in [0.1, 0.15) is 21.5 Å². The number of para-hydroxylation sites is 1. The molecule has 2 nitrogen and oxygen atoms in total. The van der Waals surface area contributed by atoms with Gasteiger partial charge in [-0.1, -0.05) is 46.3 Å². The molecule has 0 fully saturated rings. The molecule has 0 atom stereocenters. The minimum atomic E-state index is 0.0579. The summed E-state index contributed by atoms with van der Waals surface area (Å²) in [6.07, 6.45) is 1.90. The summed E-state index contributed by atoms with van der Waals surface area (Å²) in [5.41, 5.74) is 3.65. The van der Waals surface area contributed by atoms with Crippen LogP contribution in [0.25, 0.3) is 10.9 Å². The molecule has 0 spiro atoms. The molecule has 0 amide bonds.